The second kappa shape index (κ2) is 12.0. The third kappa shape index (κ3) is 7.28. The van der Waals surface area contributed by atoms with Crippen molar-refractivity contribution in [3.05, 3.63) is 91.9 Å². The first kappa shape index (κ1) is 27.2. The summed E-state index contributed by atoms with van der Waals surface area (Å²) in [6.45, 7) is 1.23. The summed E-state index contributed by atoms with van der Waals surface area (Å²) < 4.78 is 33.9. The molecular weight excluding hydrogens is 577 g/mol. The van der Waals surface area contributed by atoms with Crippen LogP contribution in [0.25, 0.3) is 0 Å². The Bertz CT molecular complexity index is 1350. The fraction of sp³-hybridized carbons (Fsp3) is 0.167. The zero-order valence-electron chi connectivity index (χ0n) is 18.8. The molecule has 0 radical (unpaired) electrons. The Morgan fingerprint density at radius 1 is 1.11 bits per heavy atom. The average molecular weight is 599 g/mol. The third-order valence-corrected chi connectivity index (χ3v) is 7.81. The third-order valence-electron chi connectivity index (χ3n) is 4.93. The summed E-state index contributed by atoms with van der Waals surface area (Å²) in [6, 6.07) is 16.5. The molecule has 0 atom stereocenters. The predicted octanol–water partition coefficient (Wildman–Crippen LogP) is 5.41. The molecule has 3 rings (SSSR count). The van der Waals surface area contributed by atoms with Crippen molar-refractivity contribution in [3.8, 4) is 5.75 Å². The topological polar surface area (TPSA) is 88.1 Å². The maximum atomic E-state index is 13.4. The molecule has 35 heavy (non-hydrogen) atoms. The molecule has 0 fully saturated rings. The lowest BCUT2D eigenvalue weighted by Crippen LogP contribution is -2.39. The molecule has 1 N–H and O–H groups in total. The van der Waals surface area contributed by atoms with Gasteiger partial charge in [-0.2, -0.15) is 9.41 Å². The summed E-state index contributed by atoms with van der Waals surface area (Å²) in [5.41, 5.74) is 4.41. The summed E-state index contributed by atoms with van der Waals surface area (Å²) in [6.07, 6.45) is 1.41. The summed E-state index contributed by atoms with van der Waals surface area (Å²) in [7, 11) is -2.51. The minimum Gasteiger partial charge on any atom is -0.496 e. The largest absolute Gasteiger partial charge is 0.496 e. The minimum atomic E-state index is -4.03. The molecular formula is C24H22BrCl2N3O4S. The van der Waals surface area contributed by atoms with Gasteiger partial charge >= 0.3 is 0 Å². The zero-order valence-corrected chi connectivity index (χ0v) is 22.7. The quantitative estimate of drug-likeness (QED) is 0.263. The van der Waals surface area contributed by atoms with Gasteiger partial charge in [-0.15, -0.1) is 0 Å². The number of hydrogen-bond donors (Lipinski definition) is 1. The number of amides is 1. The van der Waals surface area contributed by atoms with Gasteiger partial charge in [0.1, 0.15) is 5.75 Å². The molecule has 11 heteroatoms. The van der Waals surface area contributed by atoms with Crippen molar-refractivity contribution < 1.29 is 17.9 Å². The van der Waals surface area contributed by atoms with Crippen LogP contribution in [-0.4, -0.2) is 38.5 Å². The SMILES string of the molecule is COc1ccc(Br)cc1/C=N\NC(=O)CN(Cc1ccc(Cl)cc1Cl)S(=O)(=O)c1ccc(C)cc1. The highest BCUT2D eigenvalue weighted by atomic mass is 79.9. The number of nitrogens with zero attached hydrogens (tertiary/aromatic N) is 2. The van der Waals surface area contributed by atoms with E-state index in [-0.39, 0.29) is 11.4 Å². The average Bonchev–Trinajstić information content (AvgIpc) is 2.80. The summed E-state index contributed by atoms with van der Waals surface area (Å²) in [5, 5.41) is 4.67. The standard InChI is InChI=1S/C24H22BrCl2N3O4S/c1-16-3-8-21(9-4-16)35(32,33)30(14-17-5-7-20(26)12-22(17)27)15-24(31)29-28-13-18-11-19(25)6-10-23(18)34-2/h3-13H,14-15H2,1-2H3,(H,29,31)/b28-13-. The van der Waals surface area contributed by atoms with E-state index in [1.807, 2.05) is 13.0 Å². The molecule has 3 aromatic rings. The van der Waals surface area contributed by atoms with Crippen molar-refractivity contribution in [3.63, 3.8) is 0 Å². The van der Waals surface area contributed by atoms with Gasteiger partial charge < -0.3 is 4.74 Å². The Balaban J connectivity index is 1.84. The molecule has 7 nitrogen and oxygen atoms in total. The van der Waals surface area contributed by atoms with Crippen molar-refractivity contribution in [2.45, 2.75) is 18.4 Å². The Morgan fingerprint density at radius 3 is 2.49 bits per heavy atom. The molecule has 0 unspecified atom stereocenters. The number of carbonyl (C=O) groups excluding carboxylic acids is 1. The Kier molecular flexibility index (Phi) is 9.32. The van der Waals surface area contributed by atoms with Gasteiger partial charge in [-0.05, 0) is 55.0 Å². The van der Waals surface area contributed by atoms with Crippen LogP contribution in [0.5, 0.6) is 5.75 Å². The molecule has 0 aliphatic rings. The number of benzene rings is 3. The van der Waals surface area contributed by atoms with E-state index >= 15 is 0 Å². The fourth-order valence-corrected chi connectivity index (χ4v) is 5.32. The molecule has 184 valence electrons. The molecule has 0 saturated carbocycles. The fourth-order valence-electron chi connectivity index (χ4n) is 3.10. The van der Waals surface area contributed by atoms with Gasteiger partial charge in [-0.1, -0.05) is 62.9 Å². The monoisotopic (exact) mass is 597 g/mol. The van der Waals surface area contributed by atoms with Gasteiger partial charge in [-0.3, -0.25) is 4.79 Å². The Morgan fingerprint density at radius 2 is 1.83 bits per heavy atom. The van der Waals surface area contributed by atoms with Crippen LogP contribution in [0.15, 0.2) is 75.1 Å². The van der Waals surface area contributed by atoms with Gasteiger partial charge in [0, 0.05) is 26.6 Å². The maximum Gasteiger partial charge on any atom is 0.255 e. The van der Waals surface area contributed by atoms with E-state index in [4.69, 9.17) is 27.9 Å². The summed E-state index contributed by atoms with van der Waals surface area (Å²) in [4.78, 5) is 12.8. The lowest BCUT2D eigenvalue weighted by molar-refractivity contribution is -0.121. The van der Waals surface area contributed by atoms with Crippen molar-refractivity contribution in [2.75, 3.05) is 13.7 Å². The number of aryl methyl sites for hydroxylation is 1. The van der Waals surface area contributed by atoms with E-state index in [2.05, 4.69) is 26.5 Å². The first-order valence-corrected chi connectivity index (χ1v) is 13.2. The Labute approximate surface area is 222 Å². The van der Waals surface area contributed by atoms with Crippen LogP contribution in [0.3, 0.4) is 0 Å². The lowest BCUT2D eigenvalue weighted by atomic mass is 10.2. The second-order valence-electron chi connectivity index (χ2n) is 7.50. The summed E-state index contributed by atoms with van der Waals surface area (Å²) in [5.74, 6) is -0.0665. The smallest absolute Gasteiger partial charge is 0.255 e. The number of sulfonamides is 1. The molecule has 0 heterocycles. The van der Waals surface area contributed by atoms with Crippen LogP contribution < -0.4 is 10.2 Å². The number of methoxy groups -OCH3 is 1. The first-order chi connectivity index (χ1) is 16.6. The zero-order chi connectivity index (χ0) is 25.6. The number of hydrogen-bond acceptors (Lipinski definition) is 5. The summed E-state index contributed by atoms with van der Waals surface area (Å²) >= 11 is 15.6. The van der Waals surface area contributed by atoms with E-state index < -0.39 is 22.5 Å². The molecule has 0 aromatic heterocycles. The highest BCUT2D eigenvalue weighted by Crippen LogP contribution is 2.25. The molecule has 0 aliphatic heterocycles. The maximum absolute atomic E-state index is 13.4. The van der Waals surface area contributed by atoms with E-state index in [0.29, 0.717) is 26.9 Å². The van der Waals surface area contributed by atoms with Gasteiger partial charge in [0.25, 0.3) is 5.91 Å². The van der Waals surface area contributed by atoms with E-state index in [9.17, 15) is 13.2 Å². The molecule has 1 amide bonds. The van der Waals surface area contributed by atoms with Crippen molar-refractivity contribution in [1.29, 1.82) is 0 Å². The normalized spacial score (nSPS) is 11.7. The van der Waals surface area contributed by atoms with Crippen LogP contribution in [-0.2, 0) is 21.4 Å². The molecule has 3 aromatic carbocycles. The van der Waals surface area contributed by atoms with Crippen LogP contribution >= 0.6 is 39.1 Å². The van der Waals surface area contributed by atoms with Crippen molar-refractivity contribution in [1.82, 2.24) is 9.73 Å². The van der Waals surface area contributed by atoms with Crippen molar-refractivity contribution >= 4 is 61.3 Å². The van der Waals surface area contributed by atoms with Crippen LogP contribution in [0.4, 0.5) is 0 Å². The molecule has 0 aliphatic carbocycles. The van der Waals surface area contributed by atoms with Crippen LogP contribution in [0.2, 0.25) is 10.0 Å². The lowest BCUT2D eigenvalue weighted by Gasteiger charge is -2.22. The van der Waals surface area contributed by atoms with Gasteiger partial charge in [-0.25, -0.2) is 13.8 Å². The second-order valence-corrected chi connectivity index (χ2v) is 11.2. The first-order valence-electron chi connectivity index (χ1n) is 10.3. The molecule has 0 bridgehead atoms. The highest BCUT2D eigenvalue weighted by molar-refractivity contribution is 9.10. The van der Waals surface area contributed by atoms with Crippen LogP contribution in [0.1, 0.15) is 16.7 Å². The van der Waals surface area contributed by atoms with E-state index in [1.54, 1.807) is 36.4 Å². The minimum absolute atomic E-state index is 0.0587. The van der Waals surface area contributed by atoms with Crippen LogP contribution in [0, 0.1) is 6.92 Å². The number of halogens is 3. The number of ether oxygens (including phenoxy) is 1. The van der Waals surface area contributed by atoms with E-state index in [1.165, 1.54) is 31.5 Å². The number of carbonyl (C=O) groups is 1. The van der Waals surface area contributed by atoms with Gasteiger partial charge in [0.15, 0.2) is 0 Å². The van der Waals surface area contributed by atoms with Gasteiger partial charge in [0.05, 0.1) is 24.8 Å². The van der Waals surface area contributed by atoms with Crippen molar-refractivity contribution in [2.24, 2.45) is 5.10 Å². The highest BCUT2D eigenvalue weighted by Gasteiger charge is 2.27. The molecule has 0 spiro atoms. The molecule has 0 saturated heterocycles. The predicted molar refractivity (Wildman–Crippen MR) is 142 cm³/mol. The number of nitrogens with one attached hydrogen (secondary N) is 1. The Hall–Kier alpha value is -2.43. The van der Waals surface area contributed by atoms with E-state index in [0.717, 1.165) is 14.3 Å². The van der Waals surface area contributed by atoms with Gasteiger partial charge in [0.2, 0.25) is 10.0 Å². The number of rotatable bonds is 9. The number of hydrazone groups is 1.